The minimum Gasteiger partial charge on any atom is -0.361 e. The quantitative estimate of drug-likeness (QED) is 0.363. The molecule has 4 heterocycles. The first-order valence-corrected chi connectivity index (χ1v) is 11.9. The number of rotatable bonds is 5. The number of aromatic amines is 2. The topological polar surface area (TPSA) is 92.9 Å². The number of piperazine rings is 1. The molecule has 5 aromatic rings. The van der Waals surface area contributed by atoms with Gasteiger partial charge in [-0.3, -0.25) is 14.8 Å². The Kier molecular flexibility index (Phi) is 5.52. The summed E-state index contributed by atoms with van der Waals surface area (Å²) in [6, 6.07) is 18.0. The molecule has 1 amide bonds. The summed E-state index contributed by atoms with van der Waals surface area (Å²) in [7, 11) is 2.14. The molecule has 0 bridgehead atoms. The maximum Gasteiger partial charge on any atom is 0.274 e. The minimum absolute atomic E-state index is 0.232. The van der Waals surface area contributed by atoms with Crippen LogP contribution in [-0.4, -0.2) is 69.1 Å². The summed E-state index contributed by atoms with van der Waals surface area (Å²) in [6.45, 7) is 4.86. The summed E-state index contributed by atoms with van der Waals surface area (Å²) in [5, 5.41) is 12.3. The van der Waals surface area contributed by atoms with Crippen LogP contribution in [0.3, 0.4) is 0 Å². The van der Waals surface area contributed by atoms with Gasteiger partial charge in [0.2, 0.25) is 0 Å². The number of nitrogens with one attached hydrogen (secondary N) is 3. The van der Waals surface area contributed by atoms with Crippen LogP contribution in [0.2, 0.25) is 0 Å². The first kappa shape index (κ1) is 21.5. The second-order valence-corrected chi connectivity index (χ2v) is 9.15. The van der Waals surface area contributed by atoms with Crippen molar-refractivity contribution in [3.05, 3.63) is 78.4 Å². The predicted molar refractivity (Wildman–Crippen MR) is 138 cm³/mol. The average Bonchev–Trinajstić information content (AvgIpc) is 3.55. The number of fused-ring (bicyclic) bond motifs is 2. The van der Waals surface area contributed by atoms with Crippen molar-refractivity contribution in [1.29, 1.82) is 0 Å². The average molecular weight is 466 g/mol. The van der Waals surface area contributed by atoms with E-state index < -0.39 is 0 Å². The van der Waals surface area contributed by atoms with Gasteiger partial charge in [-0.15, -0.1) is 0 Å². The number of pyridine rings is 1. The van der Waals surface area contributed by atoms with E-state index in [2.05, 4.69) is 66.6 Å². The molecule has 1 aliphatic heterocycles. The van der Waals surface area contributed by atoms with Crippen molar-refractivity contribution in [1.82, 2.24) is 30.0 Å². The molecule has 0 saturated carbocycles. The van der Waals surface area contributed by atoms with Gasteiger partial charge < -0.3 is 15.2 Å². The van der Waals surface area contributed by atoms with E-state index in [1.54, 1.807) is 12.3 Å². The molecule has 1 aliphatic rings. The van der Waals surface area contributed by atoms with E-state index in [0.29, 0.717) is 11.4 Å². The van der Waals surface area contributed by atoms with E-state index >= 15 is 0 Å². The Bertz CT molecular complexity index is 1510. The lowest BCUT2D eigenvalue weighted by atomic mass is 9.99. The Balaban J connectivity index is 1.28. The van der Waals surface area contributed by atoms with Gasteiger partial charge in [0, 0.05) is 55.2 Å². The van der Waals surface area contributed by atoms with Crippen molar-refractivity contribution < 1.29 is 4.79 Å². The van der Waals surface area contributed by atoms with Crippen molar-refractivity contribution in [3.8, 4) is 11.1 Å². The number of H-pyrrole nitrogens is 2. The molecule has 35 heavy (non-hydrogen) atoms. The fourth-order valence-electron chi connectivity index (χ4n) is 4.76. The zero-order valence-electron chi connectivity index (χ0n) is 19.6. The maximum atomic E-state index is 13.3. The molecular weight excluding hydrogens is 438 g/mol. The van der Waals surface area contributed by atoms with Crippen LogP contribution < -0.4 is 5.32 Å². The van der Waals surface area contributed by atoms with E-state index in [0.717, 1.165) is 71.4 Å². The lowest BCUT2D eigenvalue weighted by Gasteiger charge is -2.32. The van der Waals surface area contributed by atoms with Crippen molar-refractivity contribution >= 4 is 33.4 Å². The summed E-state index contributed by atoms with van der Waals surface area (Å²) in [5.74, 6) is -0.232. The molecule has 0 atom stereocenters. The largest absolute Gasteiger partial charge is 0.361 e. The minimum atomic E-state index is -0.232. The number of carbonyl (C=O) groups is 1. The Morgan fingerprint density at radius 1 is 1.00 bits per heavy atom. The van der Waals surface area contributed by atoms with Crippen LogP contribution >= 0.6 is 0 Å². The second-order valence-electron chi connectivity index (χ2n) is 9.15. The third kappa shape index (κ3) is 4.29. The molecular formula is C27H27N7O. The van der Waals surface area contributed by atoms with E-state index in [1.807, 2.05) is 30.5 Å². The van der Waals surface area contributed by atoms with Crippen molar-refractivity contribution in [2.24, 2.45) is 0 Å². The fraction of sp³-hybridized carbons (Fsp3) is 0.222. The Labute approximate surface area is 203 Å². The van der Waals surface area contributed by atoms with Gasteiger partial charge in [-0.1, -0.05) is 18.2 Å². The lowest BCUT2D eigenvalue weighted by Crippen LogP contribution is -2.44. The normalized spacial score (nSPS) is 15.1. The van der Waals surface area contributed by atoms with Crippen LogP contribution in [0.5, 0.6) is 0 Å². The SMILES string of the molecule is CN1CCN(Cc2cccc(C(=O)Nc3cc(-c4cccc5[nH]ccc45)cc4[nH]ncc34)n2)CC1. The van der Waals surface area contributed by atoms with E-state index in [1.165, 1.54) is 0 Å². The molecule has 3 N–H and O–H groups in total. The first-order valence-electron chi connectivity index (χ1n) is 11.9. The highest BCUT2D eigenvalue weighted by atomic mass is 16.1. The number of hydrogen-bond acceptors (Lipinski definition) is 5. The van der Waals surface area contributed by atoms with Crippen LogP contribution in [0.25, 0.3) is 32.9 Å². The monoisotopic (exact) mass is 465 g/mol. The van der Waals surface area contributed by atoms with Gasteiger partial charge >= 0.3 is 0 Å². The highest BCUT2D eigenvalue weighted by molar-refractivity contribution is 6.09. The number of aromatic nitrogens is 4. The fourth-order valence-corrected chi connectivity index (χ4v) is 4.76. The Morgan fingerprint density at radius 2 is 1.86 bits per heavy atom. The van der Waals surface area contributed by atoms with Gasteiger partial charge in [0.1, 0.15) is 5.69 Å². The highest BCUT2D eigenvalue weighted by Gasteiger charge is 2.17. The van der Waals surface area contributed by atoms with E-state index in [4.69, 9.17) is 0 Å². The van der Waals surface area contributed by atoms with Gasteiger partial charge in [0.05, 0.1) is 23.1 Å². The van der Waals surface area contributed by atoms with E-state index in [9.17, 15) is 4.79 Å². The Morgan fingerprint density at radius 3 is 2.74 bits per heavy atom. The third-order valence-electron chi connectivity index (χ3n) is 6.73. The number of carbonyl (C=O) groups excluding carboxylic acids is 1. The first-order chi connectivity index (χ1) is 17.1. The molecule has 0 spiro atoms. The second kappa shape index (κ2) is 8.98. The summed E-state index contributed by atoms with van der Waals surface area (Å²) in [6.07, 6.45) is 3.68. The molecule has 0 unspecified atom stereocenters. The predicted octanol–water partition coefficient (Wildman–Crippen LogP) is 4.11. The molecule has 2 aromatic carbocycles. The number of benzene rings is 2. The van der Waals surface area contributed by atoms with Gasteiger partial charge in [0.25, 0.3) is 5.91 Å². The third-order valence-corrected chi connectivity index (χ3v) is 6.73. The number of amides is 1. The molecule has 6 rings (SSSR count). The zero-order chi connectivity index (χ0) is 23.8. The molecule has 1 fully saturated rings. The standard InChI is InChI=1S/C27H27N7O/c1-33-10-12-34(13-11-33)17-19-4-2-7-24(30-19)27(35)31-25-14-18(15-26-22(25)16-29-32-26)20-5-3-6-23-21(20)8-9-28-23/h2-9,14-16,28H,10-13,17H2,1H3,(H,29,32)(H,31,35). The Hall–Kier alpha value is -4.01. The number of hydrogen-bond donors (Lipinski definition) is 3. The maximum absolute atomic E-state index is 13.3. The highest BCUT2D eigenvalue weighted by Crippen LogP contribution is 2.34. The molecule has 0 radical (unpaired) electrons. The van der Waals surface area contributed by atoms with Crippen molar-refractivity contribution in [3.63, 3.8) is 0 Å². The zero-order valence-corrected chi connectivity index (χ0v) is 19.6. The van der Waals surface area contributed by atoms with Crippen LogP contribution in [0, 0.1) is 0 Å². The van der Waals surface area contributed by atoms with E-state index in [-0.39, 0.29) is 5.91 Å². The van der Waals surface area contributed by atoms with Crippen molar-refractivity contribution in [2.75, 3.05) is 38.5 Å². The molecule has 0 aliphatic carbocycles. The summed E-state index contributed by atoms with van der Waals surface area (Å²) in [4.78, 5) is 25.9. The van der Waals surface area contributed by atoms with Crippen LogP contribution in [0.1, 0.15) is 16.2 Å². The summed E-state index contributed by atoms with van der Waals surface area (Å²) in [5.41, 5.74) is 6.04. The van der Waals surface area contributed by atoms with Crippen LogP contribution in [-0.2, 0) is 6.54 Å². The smallest absolute Gasteiger partial charge is 0.274 e. The van der Waals surface area contributed by atoms with Crippen LogP contribution in [0.4, 0.5) is 5.69 Å². The number of likely N-dealkylation sites (N-methyl/N-ethyl adjacent to an activating group) is 1. The van der Waals surface area contributed by atoms with Gasteiger partial charge in [-0.05, 0) is 54.6 Å². The number of anilines is 1. The number of nitrogens with zero attached hydrogens (tertiary/aromatic N) is 4. The molecule has 176 valence electrons. The molecule has 8 heteroatoms. The van der Waals surface area contributed by atoms with Gasteiger partial charge in [0.15, 0.2) is 0 Å². The molecule has 8 nitrogen and oxygen atoms in total. The summed E-state index contributed by atoms with van der Waals surface area (Å²) < 4.78 is 0. The lowest BCUT2D eigenvalue weighted by molar-refractivity contribution is 0.102. The van der Waals surface area contributed by atoms with Crippen LogP contribution in [0.15, 0.2) is 67.0 Å². The molecule has 1 saturated heterocycles. The molecule has 3 aromatic heterocycles. The van der Waals surface area contributed by atoms with Crippen molar-refractivity contribution in [2.45, 2.75) is 6.54 Å². The van der Waals surface area contributed by atoms with Gasteiger partial charge in [-0.25, -0.2) is 4.98 Å². The van der Waals surface area contributed by atoms with Gasteiger partial charge in [-0.2, -0.15) is 5.10 Å². The summed E-state index contributed by atoms with van der Waals surface area (Å²) >= 11 is 0.